The van der Waals surface area contributed by atoms with Gasteiger partial charge in [-0.15, -0.1) is 0 Å². The Kier molecular flexibility index (Phi) is 4.97. The molecule has 0 aliphatic carbocycles. The summed E-state index contributed by atoms with van der Waals surface area (Å²) >= 11 is 5.02. The van der Waals surface area contributed by atoms with E-state index in [1.165, 1.54) is 18.2 Å². The number of benzene rings is 2. The molecule has 0 saturated carbocycles. The lowest BCUT2D eigenvalue weighted by Gasteiger charge is -2.12. The monoisotopic (exact) mass is 328 g/mol. The highest BCUT2D eigenvalue weighted by Crippen LogP contribution is 2.29. The minimum absolute atomic E-state index is 0.180. The topological polar surface area (TPSA) is 24.1 Å². The molecule has 0 saturated heterocycles. The molecular formula is C15H12F4N2S. The van der Waals surface area contributed by atoms with Crippen molar-refractivity contribution < 1.29 is 17.6 Å². The largest absolute Gasteiger partial charge is 0.416 e. The molecule has 0 spiro atoms. The highest BCUT2D eigenvalue weighted by Gasteiger charge is 2.29. The third kappa shape index (κ3) is 4.42. The standard InChI is InChI=1S/C15H12F4N2S/c16-13-4-2-1-3-10(13)9-20-14(22)21-12-7-5-11(6-8-12)15(17,18)19/h1-8H,9H2,(H2,20,21,22). The minimum Gasteiger partial charge on any atom is -0.358 e. The van der Waals surface area contributed by atoms with Crippen molar-refractivity contribution in [3.8, 4) is 0 Å². The van der Waals surface area contributed by atoms with Crippen molar-refractivity contribution in [2.75, 3.05) is 5.32 Å². The van der Waals surface area contributed by atoms with Gasteiger partial charge < -0.3 is 10.6 Å². The fraction of sp³-hybridized carbons (Fsp3) is 0.133. The summed E-state index contributed by atoms with van der Waals surface area (Å²) in [5, 5.41) is 5.73. The van der Waals surface area contributed by atoms with E-state index in [4.69, 9.17) is 12.2 Å². The third-order valence-corrected chi connectivity index (χ3v) is 3.11. The van der Waals surface area contributed by atoms with Crippen molar-refractivity contribution in [2.45, 2.75) is 12.7 Å². The Morgan fingerprint density at radius 3 is 2.23 bits per heavy atom. The quantitative estimate of drug-likeness (QED) is 0.648. The normalized spacial score (nSPS) is 11.1. The van der Waals surface area contributed by atoms with E-state index in [0.717, 1.165) is 12.1 Å². The molecule has 0 radical (unpaired) electrons. The summed E-state index contributed by atoms with van der Waals surface area (Å²) in [6.07, 6.45) is -4.37. The van der Waals surface area contributed by atoms with Crippen molar-refractivity contribution in [3.05, 3.63) is 65.5 Å². The molecule has 0 aliphatic heterocycles. The fourth-order valence-corrected chi connectivity index (χ4v) is 1.93. The number of thiocarbonyl (C=S) groups is 1. The lowest BCUT2D eigenvalue weighted by molar-refractivity contribution is -0.137. The van der Waals surface area contributed by atoms with E-state index in [1.807, 2.05) is 0 Å². The van der Waals surface area contributed by atoms with E-state index in [9.17, 15) is 17.6 Å². The average Bonchev–Trinajstić information content (AvgIpc) is 2.46. The SMILES string of the molecule is Fc1ccccc1CNC(=S)Nc1ccc(C(F)(F)F)cc1. The zero-order valence-corrected chi connectivity index (χ0v) is 12.1. The zero-order chi connectivity index (χ0) is 16.2. The molecule has 0 heterocycles. The smallest absolute Gasteiger partial charge is 0.358 e. The molecule has 2 rings (SSSR count). The van der Waals surface area contributed by atoms with Crippen LogP contribution in [0.2, 0.25) is 0 Å². The van der Waals surface area contributed by atoms with Gasteiger partial charge in [0.05, 0.1) is 5.56 Å². The summed E-state index contributed by atoms with van der Waals surface area (Å²) in [5.74, 6) is -0.354. The number of nitrogens with one attached hydrogen (secondary N) is 2. The van der Waals surface area contributed by atoms with Gasteiger partial charge in [0.1, 0.15) is 5.82 Å². The van der Waals surface area contributed by atoms with Crippen LogP contribution < -0.4 is 10.6 Å². The summed E-state index contributed by atoms with van der Waals surface area (Å²) in [6.45, 7) is 0.180. The summed E-state index contributed by atoms with van der Waals surface area (Å²) in [5.41, 5.74) is 0.126. The van der Waals surface area contributed by atoms with Crippen LogP contribution in [0.25, 0.3) is 0 Å². The zero-order valence-electron chi connectivity index (χ0n) is 11.2. The van der Waals surface area contributed by atoms with Gasteiger partial charge in [-0.05, 0) is 42.5 Å². The molecule has 2 aromatic carbocycles. The van der Waals surface area contributed by atoms with Gasteiger partial charge in [0.25, 0.3) is 0 Å². The number of anilines is 1. The highest BCUT2D eigenvalue weighted by molar-refractivity contribution is 7.80. The number of hydrogen-bond donors (Lipinski definition) is 2. The molecule has 2 N–H and O–H groups in total. The number of rotatable bonds is 3. The van der Waals surface area contributed by atoms with Crippen LogP contribution in [-0.4, -0.2) is 5.11 Å². The van der Waals surface area contributed by atoms with Crippen LogP contribution in [0.15, 0.2) is 48.5 Å². The predicted octanol–water partition coefficient (Wildman–Crippen LogP) is 4.33. The van der Waals surface area contributed by atoms with Gasteiger partial charge in [-0.1, -0.05) is 18.2 Å². The Morgan fingerprint density at radius 2 is 1.64 bits per heavy atom. The summed E-state index contributed by atoms with van der Waals surface area (Å²) < 4.78 is 50.7. The highest BCUT2D eigenvalue weighted by atomic mass is 32.1. The lowest BCUT2D eigenvalue weighted by atomic mass is 10.2. The molecular weight excluding hydrogens is 316 g/mol. The first-order valence-corrected chi connectivity index (χ1v) is 6.72. The Hall–Kier alpha value is -2.15. The van der Waals surface area contributed by atoms with E-state index >= 15 is 0 Å². The first-order valence-electron chi connectivity index (χ1n) is 6.32. The first kappa shape index (κ1) is 16.2. The van der Waals surface area contributed by atoms with Gasteiger partial charge in [-0.3, -0.25) is 0 Å². The van der Waals surface area contributed by atoms with Crippen LogP contribution in [0.5, 0.6) is 0 Å². The maximum Gasteiger partial charge on any atom is 0.416 e. The van der Waals surface area contributed by atoms with E-state index in [0.29, 0.717) is 11.3 Å². The molecule has 2 aromatic rings. The van der Waals surface area contributed by atoms with Crippen LogP contribution in [0.3, 0.4) is 0 Å². The molecule has 0 aromatic heterocycles. The Labute approximate surface area is 130 Å². The van der Waals surface area contributed by atoms with Gasteiger partial charge in [0.2, 0.25) is 0 Å². The van der Waals surface area contributed by atoms with Crippen molar-refractivity contribution in [3.63, 3.8) is 0 Å². The van der Waals surface area contributed by atoms with Crippen molar-refractivity contribution >= 4 is 23.0 Å². The third-order valence-electron chi connectivity index (χ3n) is 2.87. The van der Waals surface area contributed by atoms with Gasteiger partial charge in [-0.2, -0.15) is 13.2 Å². The molecule has 0 amide bonds. The van der Waals surface area contributed by atoms with Crippen molar-refractivity contribution in [2.24, 2.45) is 0 Å². The Morgan fingerprint density at radius 1 is 1.00 bits per heavy atom. The molecule has 0 bridgehead atoms. The summed E-state index contributed by atoms with van der Waals surface area (Å²) in [6, 6.07) is 10.7. The molecule has 0 fully saturated rings. The second kappa shape index (κ2) is 6.74. The number of hydrogen-bond acceptors (Lipinski definition) is 1. The van der Waals surface area contributed by atoms with Gasteiger partial charge >= 0.3 is 6.18 Å². The first-order chi connectivity index (χ1) is 10.4. The second-order valence-corrected chi connectivity index (χ2v) is 4.88. The molecule has 2 nitrogen and oxygen atoms in total. The van der Waals surface area contributed by atoms with Gasteiger partial charge in [0.15, 0.2) is 5.11 Å². The van der Waals surface area contributed by atoms with Crippen LogP contribution in [-0.2, 0) is 12.7 Å². The maximum absolute atomic E-state index is 13.4. The van der Waals surface area contributed by atoms with Crippen LogP contribution in [0.1, 0.15) is 11.1 Å². The lowest BCUT2D eigenvalue weighted by Crippen LogP contribution is -2.28. The second-order valence-electron chi connectivity index (χ2n) is 4.47. The average molecular weight is 328 g/mol. The van der Waals surface area contributed by atoms with E-state index in [1.54, 1.807) is 18.2 Å². The molecule has 0 unspecified atom stereocenters. The molecule has 7 heteroatoms. The minimum atomic E-state index is -4.37. The number of halogens is 4. The van der Waals surface area contributed by atoms with Gasteiger partial charge in [0, 0.05) is 17.8 Å². The maximum atomic E-state index is 13.4. The predicted molar refractivity (Wildman–Crippen MR) is 80.9 cm³/mol. The summed E-state index contributed by atoms with van der Waals surface area (Å²) in [7, 11) is 0. The molecule has 0 aliphatic rings. The van der Waals surface area contributed by atoms with E-state index in [-0.39, 0.29) is 17.5 Å². The molecule has 116 valence electrons. The van der Waals surface area contributed by atoms with Crippen LogP contribution in [0.4, 0.5) is 23.2 Å². The number of alkyl halides is 3. The Balaban J connectivity index is 1.91. The summed E-state index contributed by atoms with van der Waals surface area (Å²) in [4.78, 5) is 0. The van der Waals surface area contributed by atoms with Crippen molar-refractivity contribution in [1.29, 1.82) is 0 Å². The van der Waals surface area contributed by atoms with Crippen LogP contribution >= 0.6 is 12.2 Å². The van der Waals surface area contributed by atoms with Crippen molar-refractivity contribution in [1.82, 2.24) is 5.32 Å². The molecule has 0 atom stereocenters. The van der Waals surface area contributed by atoms with E-state index < -0.39 is 11.7 Å². The molecule has 22 heavy (non-hydrogen) atoms. The Bertz CT molecular complexity index is 653. The van der Waals surface area contributed by atoms with Gasteiger partial charge in [-0.25, -0.2) is 4.39 Å². The van der Waals surface area contributed by atoms with E-state index in [2.05, 4.69) is 10.6 Å². The van der Waals surface area contributed by atoms with Crippen LogP contribution in [0, 0.1) is 5.82 Å². The fourth-order valence-electron chi connectivity index (χ4n) is 1.74.